The predicted octanol–water partition coefficient (Wildman–Crippen LogP) is 1.42. The fourth-order valence-corrected chi connectivity index (χ4v) is 2.17. The van der Waals surface area contributed by atoms with Crippen molar-refractivity contribution < 1.29 is 4.79 Å². The number of amides is 1. The third-order valence-electron chi connectivity index (χ3n) is 3.75. The number of rotatable bonds is 6. The highest BCUT2D eigenvalue weighted by atomic mass is 16.1. The Morgan fingerprint density at radius 2 is 2.07 bits per heavy atom. The first-order valence-corrected chi connectivity index (χ1v) is 6.28. The lowest BCUT2D eigenvalue weighted by molar-refractivity contribution is -0.121. The quantitative estimate of drug-likeness (QED) is 0.696. The molecule has 0 spiro atoms. The van der Waals surface area contributed by atoms with E-state index in [9.17, 15) is 4.79 Å². The summed E-state index contributed by atoms with van der Waals surface area (Å²) in [5.41, 5.74) is 5.89. The highest BCUT2D eigenvalue weighted by Gasteiger charge is 2.29. The summed E-state index contributed by atoms with van der Waals surface area (Å²) in [6, 6.07) is 0.105. The molecule has 86 valence electrons. The number of nitrogens with one attached hydrogen (secondary N) is 1. The third-order valence-corrected chi connectivity index (χ3v) is 3.75. The van der Waals surface area contributed by atoms with Gasteiger partial charge < -0.3 is 11.1 Å². The van der Waals surface area contributed by atoms with Crippen LogP contribution in [-0.2, 0) is 4.79 Å². The van der Waals surface area contributed by atoms with Crippen LogP contribution in [0, 0.1) is 11.8 Å². The van der Waals surface area contributed by atoms with Crippen LogP contribution in [0.25, 0.3) is 0 Å². The Labute approximate surface area is 91.8 Å². The average molecular weight is 210 g/mol. The van der Waals surface area contributed by atoms with E-state index in [1.165, 1.54) is 32.1 Å². The first kappa shape index (κ1) is 10.9. The molecule has 0 aromatic carbocycles. The zero-order valence-corrected chi connectivity index (χ0v) is 9.37. The average Bonchev–Trinajstić information content (AvgIpc) is 2.91. The van der Waals surface area contributed by atoms with Crippen LogP contribution in [-0.4, -0.2) is 18.5 Å². The van der Waals surface area contributed by atoms with Gasteiger partial charge in [-0.2, -0.15) is 0 Å². The summed E-state index contributed by atoms with van der Waals surface area (Å²) in [5.74, 6) is 1.65. The minimum absolute atomic E-state index is 0.105. The standard InChI is InChI=1S/C12H22N2O/c13-11(10-4-5-10)8-12(15)14-7-6-9-2-1-3-9/h9-11H,1-8,13H2,(H,14,15). The van der Waals surface area contributed by atoms with Gasteiger partial charge in [-0.1, -0.05) is 19.3 Å². The number of hydrogen-bond donors (Lipinski definition) is 2. The first-order chi connectivity index (χ1) is 7.25. The highest BCUT2D eigenvalue weighted by Crippen LogP contribution is 2.32. The molecule has 2 rings (SSSR count). The van der Waals surface area contributed by atoms with Crippen molar-refractivity contribution >= 4 is 5.91 Å². The van der Waals surface area contributed by atoms with E-state index in [0.717, 1.165) is 18.9 Å². The summed E-state index contributed by atoms with van der Waals surface area (Å²) in [5, 5.41) is 2.98. The molecule has 0 bridgehead atoms. The zero-order chi connectivity index (χ0) is 10.7. The molecule has 0 heterocycles. The van der Waals surface area contributed by atoms with Crippen molar-refractivity contribution in [3.8, 4) is 0 Å². The molecular formula is C12H22N2O. The van der Waals surface area contributed by atoms with Gasteiger partial charge in [0.15, 0.2) is 0 Å². The summed E-state index contributed by atoms with van der Waals surface area (Å²) in [6.45, 7) is 0.848. The van der Waals surface area contributed by atoms with E-state index in [-0.39, 0.29) is 11.9 Å². The number of carbonyl (C=O) groups excluding carboxylic acids is 1. The second-order valence-corrected chi connectivity index (χ2v) is 5.14. The van der Waals surface area contributed by atoms with Crippen LogP contribution in [0.4, 0.5) is 0 Å². The van der Waals surface area contributed by atoms with Crippen LogP contribution in [0.5, 0.6) is 0 Å². The topological polar surface area (TPSA) is 55.1 Å². The van der Waals surface area contributed by atoms with Gasteiger partial charge in [-0.05, 0) is 31.1 Å². The summed E-state index contributed by atoms with van der Waals surface area (Å²) >= 11 is 0. The Kier molecular flexibility index (Phi) is 3.62. The highest BCUT2D eigenvalue weighted by molar-refractivity contribution is 5.76. The van der Waals surface area contributed by atoms with E-state index < -0.39 is 0 Å². The van der Waals surface area contributed by atoms with E-state index in [2.05, 4.69) is 5.32 Å². The number of nitrogens with two attached hydrogens (primary N) is 1. The molecule has 2 fully saturated rings. The molecular weight excluding hydrogens is 188 g/mol. The van der Waals surface area contributed by atoms with E-state index in [1.807, 2.05) is 0 Å². The lowest BCUT2D eigenvalue weighted by Gasteiger charge is -2.25. The fourth-order valence-electron chi connectivity index (χ4n) is 2.17. The first-order valence-electron chi connectivity index (χ1n) is 6.28. The monoisotopic (exact) mass is 210 g/mol. The maximum absolute atomic E-state index is 11.5. The van der Waals surface area contributed by atoms with Crippen molar-refractivity contribution in [1.82, 2.24) is 5.32 Å². The number of carbonyl (C=O) groups is 1. The third kappa shape index (κ3) is 3.49. The largest absolute Gasteiger partial charge is 0.356 e. The lowest BCUT2D eigenvalue weighted by atomic mass is 9.83. The smallest absolute Gasteiger partial charge is 0.221 e. The SMILES string of the molecule is NC(CC(=O)NCCC1CCC1)C1CC1. The molecule has 2 aliphatic carbocycles. The zero-order valence-electron chi connectivity index (χ0n) is 9.37. The van der Waals surface area contributed by atoms with E-state index in [1.54, 1.807) is 0 Å². The van der Waals surface area contributed by atoms with Crippen LogP contribution in [0.3, 0.4) is 0 Å². The molecule has 0 aromatic rings. The van der Waals surface area contributed by atoms with Crippen LogP contribution >= 0.6 is 0 Å². The Morgan fingerprint density at radius 3 is 2.60 bits per heavy atom. The molecule has 3 nitrogen and oxygen atoms in total. The molecule has 3 heteroatoms. The van der Waals surface area contributed by atoms with Crippen molar-refractivity contribution in [3.63, 3.8) is 0 Å². The van der Waals surface area contributed by atoms with Gasteiger partial charge in [0.2, 0.25) is 5.91 Å². The van der Waals surface area contributed by atoms with Gasteiger partial charge >= 0.3 is 0 Å². The summed E-state index contributed by atoms with van der Waals surface area (Å²) in [7, 11) is 0. The normalized spacial score (nSPS) is 23.3. The van der Waals surface area contributed by atoms with Gasteiger partial charge in [0, 0.05) is 19.0 Å². The number of hydrogen-bond acceptors (Lipinski definition) is 2. The fraction of sp³-hybridized carbons (Fsp3) is 0.917. The van der Waals surface area contributed by atoms with Crippen molar-refractivity contribution in [2.24, 2.45) is 17.6 Å². The van der Waals surface area contributed by atoms with Gasteiger partial charge in [0.1, 0.15) is 0 Å². The van der Waals surface area contributed by atoms with Gasteiger partial charge in [-0.25, -0.2) is 0 Å². The van der Waals surface area contributed by atoms with Crippen molar-refractivity contribution in [2.75, 3.05) is 6.54 Å². The molecule has 0 saturated heterocycles. The van der Waals surface area contributed by atoms with Crippen molar-refractivity contribution in [3.05, 3.63) is 0 Å². The minimum Gasteiger partial charge on any atom is -0.356 e. The molecule has 0 radical (unpaired) electrons. The van der Waals surface area contributed by atoms with Gasteiger partial charge in [0.05, 0.1) is 0 Å². The predicted molar refractivity (Wildman–Crippen MR) is 60.3 cm³/mol. The molecule has 1 amide bonds. The Morgan fingerprint density at radius 1 is 1.33 bits per heavy atom. The van der Waals surface area contributed by atoms with Gasteiger partial charge in [0.25, 0.3) is 0 Å². The molecule has 1 atom stereocenters. The van der Waals surface area contributed by atoms with Gasteiger partial charge in [-0.15, -0.1) is 0 Å². The lowest BCUT2D eigenvalue weighted by Crippen LogP contribution is -2.34. The Bertz CT molecular complexity index is 222. The summed E-state index contributed by atoms with van der Waals surface area (Å²) in [4.78, 5) is 11.5. The molecule has 3 N–H and O–H groups in total. The molecule has 0 aliphatic heterocycles. The second kappa shape index (κ2) is 4.97. The van der Waals surface area contributed by atoms with Crippen LogP contribution in [0.2, 0.25) is 0 Å². The van der Waals surface area contributed by atoms with Crippen LogP contribution in [0.15, 0.2) is 0 Å². The van der Waals surface area contributed by atoms with Crippen molar-refractivity contribution in [1.29, 1.82) is 0 Å². The second-order valence-electron chi connectivity index (χ2n) is 5.14. The van der Waals surface area contributed by atoms with Crippen LogP contribution in [0.1, 0.15) is 44.9 Å². The minimum atomic E-state index is 0.105. The summed E-state index contributed by atoms with van der Waals surface area (Å²) < 4.78 is 0. The molecule has 2 saturated carbocycles. The molecule has 0 aromatic heterocycles. The van der Waals surface area contributed by atoms with E-state index >= 15 is 0 Å². The Hall–Kier alpha value is -0.570. The van der Waals surface area contributed by atoms with E-state index in [0.29, 0.717) is 12.3 Å². The van der Waals surface area contributed by atoms with Crippen LogP contribution < -0.4 is 11.1 Å². The molecule has 1 unspecified atom stereocenters. The molecule has 2 aliphatic rings. The van der Waals surface area contributed by atoms with E-state index in [4.69, 9.17) is 5.73 Å². The molecule has 15 heavy (non-hydrogen) atoms. The maximum atomic E-state index is 11.5. The van der Waals surface area contributed by atoms with Gasteiger partial charge in [-0.3, -0.25) is 4.79 Å². The maximum Gasteiger partial charge on any atom is 0.221 e. The Balaban J connectivity index is 1.51. The van der Waals surface area contributed by atoms with Crippen molar-refractivity contribution in [2.45, 2.75) is 51.0 Å². The summed E-state index contributed by atoms with van der Waals surface area (Å²) in [6.07, 6.45) is 8.22.